The number of esters is 1. The fraction of sp³-hybridized carbons (Fsp3) is 0.458. The number of fused-ring (bicyclic) bond motifs is 5. The summed E-state index contributed by atoms with van der Waals surface area (Å²) in [6.07, 6.45) is 1.41. The topological polar surface area (TPSA) is 59.1 Å². The number of morpholine rings is 1. The van der Waals surface area contributed by atoms with Gasteiger partial charge in [-0.05, 0) is 42.3 Å². The van der Waals surface area contributed by atoms with E-state index < -0.39 is 23.2 Å². The normalized spacial score (nSPS) is 32.6. The zero-order valence-corrected chi connectivity index (χ0v) is 19.5. The van der Waals surface area contributed by atoms with Crippen LogP contribution in [0.3, 0.4) is 0 Å². The van der Waals surface area contributed by atoms with Crippen molar-refractivity contribution in [3.63, 3.8) is 0 Å². The van der Waals surface area contributed by atoms with E-state index in [1.807, 2.05) is 0 Å². The molecule has 0 amide bonds. The quantitative estimate of drug-likeness (QED) is 0.347. The molecule has 32 heavy (non-hydrogen) atoms. The molecule has 2 bridgehead atoms. The van der Waals surface area contributed by atoms with Crippen LogP contribution in [-0.4, -0.2) is 59.5 Å². The van der Waals surface area contributed by atoms with Gasteiger partial charge >= 0.3 is 5.97 Å². The van der Waals surface area contributed by atoms with E-state index in [9.17, 15) is 18.7 Å². The first-order valence-electron chi connectivity index (χ1n) is 10.7. The van der Waals surface area contributed by atoms with Gasteiger partial charge < -0.3 is 36.0 Å². The van der Waals surface area contributed by atoms with Crippen LogP contribution in [0.5, 0.6) is 0 Å². The Morgan fingerprint density at radius 3 is 1.88 bits per heavy atom. The van der Waals surface area contributed by atoms with Gasteiger partial charge in [-0.3, -0.25) is 0 Å². The van der Waals surface area contributed by atoms with Crippen LogP contribution in [0, 0.1) is 11.6 Å². The third-order valence-corrected chi connectivity index (χ3v) is 7.62. The highest BCUT2D eigenvalue weighted by atomic mass is 79.9. The molecular weight excluding hydrogens is 484 g/mol. The second kappa shape index (κ2) is 8.17. The van der Waals surface area contributed by atoms with Crippen molar-refractivity contribution >= 4 is 5.97 Å². The average Bonchev–Trinajstić information content (AvgIpc) is 3.53. The lowest BCUT2D eigenvalue weighted by atomic mass is 9.86. The van der Waals surface area contributed by atoms with Crippen molar-refractivity contribution < 1.29 is 49.6 Å². The minimum Gasteiger partial charge on any atom is -1.00 e. The number of quaternary nitrogens is 1. The molecule has 3 aliphatic rings. The number of benzene rings is 2. The van der Waals surface area contributed by atoms with E-state index >= 15 is 0 Å². The Kier molecular flexibility index (Phi) is 5.94. The fourth-order valence-corrected chi connectivity index (χ4v) is 5.64. The molecule has 3 aliphatic heterocycles. The number of ether oxygens (including phenoxy) is 2. The maximum absolute atomic E-state index is 13.5. The third kappa shape index (κ3) is 3.48. The molecule has 2 aromatic rings. The monoisotopic (exact) mass is 509 g/mol. The van der Waals surface area contributed by atoms with Gasteiger partial charge in [-0.25, -0.2) is 13.6 Å². The van der Waals surface area contributed by atoms with Gasteiger partial charge in [0.05, 0.1) is 13.6 Å². The van der Waals surface area contributed by atoms with Gasteiger partial charge in [0, 0.05) is 12.8 Å². The van der Waals surface area contributed by atoms with Crippen molar-refractivity contribution in [2.75, 3.05) is 13.6 Å². The highest BCUT2D eigenvalue weighted by Gasteiger charge is 2.71. The van der Waals surface area contributed by atoms with Crippen molar-refractivity contribution in [3.05, 3.63) is 71.3 Å². The second-order valence-corrected chi connectivity index (χ2v) is 9.09. The fourth-order valence-electron chi connectivity index (χ4n) is 5.64. The van der Waals surface area contributed by atoms with Crippen LogP contribution in [0.25, 0.3) is 0 Å². The van der Waals surface area contributed by atoms with Gasteiger partial charge in [-0.2, -0.15) is 0 Å². The summed E-state index contributed by atoms with van der Waals surface area (Å²) < 4.78 is 39.6. The van der Waals surface area contributed by atoms with Gasteiger partial charge in [-0.15, -0.1) is 0 Å². The van der Waals surface area contributed by atoms with Crippen LogP contribution in [0.15, 0.2) is 48.5 Å². The number of piperidine rings is 1. The van der Waals surface area contributed by atoms with E-state index in [4.69, 9.17) is 9.47 Å². The van der Waals surface area contributed by atoms with Crippen LogP contribution in [-0.2, 0) is 19.9 Å². The molecule has 3 heterocycles. The summed E-state index contributed by atoms with van der Waals surface area (Å²) in [5.41, 5.74) is -1.82. The molecule has 2 aromatic carbocycles. The summed E-state index contributed by atoms with van der Waals surface area (Å²) in [6, 6.07) is 10.6. The molecule has 0 aliphatic carbocycles. The summed E-state index contributed by atoms with van der Waals surface area (Å²) in [6.45, 7) is 3.15. The van der Waals surface area contributed by atoms with Gasteiger partial charge in [0.2, 0.25) is 5.60 Å². The van der Waals surface area contributed by atoms with Crippen LogP contribution < -0.4 is 17.0 Å². The molecular formula is C24H26BrF2NO4. The first kappa shape index (κ1) is 23.3. The van der Waals surface area contributed by atoms with Crippen LogP contribution in [0.2, 0.25) is 0 Å². The molecule has 6 atom stereocenters. The average molecular weight is 510 g/mol. The predicted octanol–water partition coefficient (Wildman–Crippen LogP) is -0.105. The maximum Gasteiger partial charge on any atom is 0.347 e. The van der Waals surface area contributed by atoms with Crippen LogP contribution >= 0.6 is 0 Å². The summed E-state index contributed by atoms with van der Waals surface area (Å²) in [5.74, 6) is -1.81. The summed E-state index contributed by atoms with van der Waals surface area (Å²) >= 11 is 0. The van der Waals surface area contributed by atoms with Gasteiger partial charge in [0.1, 0.15) is 42.0 Å². The lowest BCUT2D eigenvalue weighted by Gasteiger charge is -2.47. The lowest BCUT2D eigenvalue weighted by molar-refractivity contribution is -0.954. The summed E-state index contributed by atoms with van der Waals surface area (Å²) in [5, 5.41) is 11.5. The minimum absolute atomic E-state index is 0. The Morgan fingerprint density at radius 2 is 1.47 bits per heavy atom. The van der Waals surface area contributed by atoms with Crippen molar-refractivity contribution in [2.24, 2.45) is 0 Å². The Labute approximate surface area is 196 Å². The minimum atomic E-state index is -2.17. The third-order valence-electron chi connectivity index (χ3n) is 7.62. The van der Waals surface area contributed by atoms with E-state index in [0.717, 1.165) is 11.0 Å². The molecule has 172 valence electrons. The smallest absolute Gasteiger partial charge is 0.347 e. The number of rotatable bonds is 5. The zero-order chi connectivity index (χ0) is 22.0. The number of carbonyl (C=O) groups is 1. The number of epoxide rings is 1. The largest absolute Gasteiger partial charge is 1.00 e. The predicted molar refractivity (Wildman–Crippen MR) is 108 cm³/mol. The number of likely N-dealkylation sites (N-methyl/N-ethyl adjacent to an activating group) is 1. The lowest BCUT2D eigenvalue weighted by Crippen LogP contribution is -3.00. The maximum atomic E-state index is 13.5. The Bertz CT molecular complexity index is 937. The van der Waals surface area contributed by atoms with E-state index in [1.165, 1.54) is 48.5 Å². The molecule has 0 aromatic heterocycles. The van der Waals surface area contributed by atoms with Crippen molar-refractivity contribution in [1.29, 1.82) is 0 Å². The molecule has 4 unspecified atom stereocenters. The molecule has 8 heteroatoms. The zero-order valence-electron chi connectivity index (χ0n) is 17.9. The van der Waals surface area contributed by atoms with Gasteiger partial charge in [0.25, 0.3) is 0 Å². The van der Waals surface area contributed by atoms with Crippen molar-refractivity contribution in [3.8, 4) is 0 Å². The standard InChI is InChI=1S/C24H26F2NO4.BrH/c1-3-27(2)19-12-18(13-20(27)22-21(19)31-22)30-23(28)24(29,14-4-8-16(25)9-5-14)15-6-10-17(26)11-7-15;/h4-11,18-22,29H,3,12-13H2,1-2H3;1H/q+1;/p-1/t18?,19-,20?,21+,22?,27?;/m0./s1. The van der Waals surface area contributed by atoms with Crippen LogP contribution in [0.4, 0.5) is 8.78 Å². The van der Waals surface area contributed by atoms with Crippen molar-refractivity contribution in [2.45, 2.75) is 55.8 Å². The molecule has 0 radical (unpaired) electrons. The Balaban J connectivity index is 0.00000245. The van der Waals surface area contributed by atoms with Crippen molar-refractivity contribution in [1.82, 2.24) is 0 Å². The van der Waals surface area contributed by atoms with E-state index in [0.29, 0.717) is 12.8 Å². The number of carbonyl (C=O) groups excluding carboxylic acids is 1. The highest BCUT2D eigenvalue weighted by Crippen LogP contribution is 2.52. The number of nitrogens with zero attached hydrogens (tertiary/aromatic N) is 1. The van der Waals surface area contributed by atoms with E-state index in [2.05, 4.69) is 14.0 Å². The van der Waals surface area contributed by atoms with Gasteiger partial charge in [-0.1, -0.05) is 24.3 Å². The first-order valence-corrected chi connectivity index (χ1v) is 10.7. The highest BCUT2D eigenvalue weighted by molar-refractivity contribution is 5.85. The number of hydrogen-bond acceptors (Lipinski definition) is 4. The Hall–Kier alpha value is -1.87. The molecule has 0 saturated carbocycles. The van der Waals surface area contributed by atoms with Crippen LogP contribution in [0.1, 0.15) is 30.9 Å². The van der Waals surface area contributed by atoms with Gasteiger partial charge in [0.15, 0.2) is 0 Å². The number of halogens is 3. The SMILES string of the molecule is CC[N+]1(C)C2CC(OC(=O)C(O)(c3ccc(F)cc3)c3ccc(F)cc3)C[C@H]1[C@H]1OC21.[Br-]. The molecule has 0 spiro atoms. The second-order valence-electron chi connectivity index (χ2n) is 9.09. The summed E-state index contributed by atoms with van der Waals surface area (Å²) in [7, 11) is 2.23. The molecule has 3 fully saturated rings. The molecule has 3 saturated heterocycles. The number of hydrogen-bond donors (Lipinski definition) is 1. The first-order chi connectivity index (χ1) is 14.8. The summed E-state index contributed by atoms with van der Waals surface area (Å²) in [4.78, 5) is 13.4. The van der Waals surface area contributed by atoms with E-state index in [-0.39, 0.29) is 58.5 Å². The molecule has 5 nitrogen and oxygen atoms in total. The molecule has 5 rings (SSSR count). The molecule has 1 N–H and O–H groups in total. The van der Waals surface area contributed by atoms with E-state index in [1.54, 1.807) is 0 Å². The Morgan fingerprint density at radius 1 is 1.03 bits per heavy atom. The number of aliphatic hydroxyl groups is 1.